The minimum atomic E-state index is -0.713. The molecule has 0 spiro atoms. The van der Waals surface area contributed by atoms with Crippen molar-refractivity contribution in [2.75, 3.05) is 0 Å². The molecule has 2 N–H and O–H groups in total. The first-order valence-electron chi connectivity index (χ1n) is 5.64. The summed E-state index contributed by atoms with van der Waals surface area (Å²) in [5.41, 5.74) is -0.279. The molecule has 8 heteroatoms. The zero-order chi connectivity index (χ0) is 14.7. The summed E-state index contributed by atoms with van der Waals surface area (Å²) in [6, 6.07) is 3.46. The number of thiazole rings is 1. The number of aryl methyl sites for hydroxylation is 1. The second kappa shape index (κ2) is 5.66. The third kappa shape index (κ3) is 3.09. The molecule has 0 radical (unpaired) electrons. The highest BCUT2D eigenvalue weighted by Crippen LogP contribution is 2.26. The predicted molar refractivity (Wildman–Crippen MR) is 72.8 cm³/mol. The van der Waals surface area contributed by atoms with Crippen molar-refractivity contribution < 1.29 is 14.8 Å². The summed E-state index contributed by atoms with van der Waals surface area (Å²) in [4.78, 5) is 26.8. The molecule has 0 saturated carbocycles. The van der Waals surface area contributed by atoms with E-state index in [1.165, 1.54) is 17.4 Å². The molecule has 0 aliphatic heterocycles. The second-order valence-electron chi connectivity index (χ2n) is 4.01. The van der Waals surface area contributed by atoms with Gasteiger partial charge in [0.25, 0.3) is 5.91 Å². The Morgan fingerprint density at radius 1 is 1.55 bits per heavy atom. The Morgan fingerprint density at radius 3 is 2.85 bits per heavy atom. The van der Waals surface area contributed by atoms with Gasteiger partial charge in [-0.25, -0.2) is 4.98 Å². The molecule has 20 heavy (non-hydrogen) atoms. The maximum atomic E-state index is 11.8. The van der Waals surface area contributed by atoms with Crippen molar-refractivity contribution in [3.8, 4) is 5.75 Å². The summed E-state index contributed by atoms with van der Waals surface area (Å²) < 4.78 is 0. The molecular weight excluding hydrogens is 282 g/mol. The lowest BCUT2D eigenvalue weighted by Crippen LogP contribution is -2.22. The maximum absolute atomic E-state index is 11.8. The number of hydrogen-bond acceptors (Lipinski definition) is 6. The van der Waals surface area contributed by atoms with Gasteiger partial charge in [-0.15, -0.1) is 11.3 Å². The highest BCUT2D eigenvalue weighted by Gasteiger charge is 2.16. The Kier molecular flexibility index (Phi) is 3.94. The Balaban J connectivity index is 2.06. The summed E-state index contributed by atoms with van der Waals surface area (Å²) in [5, 5.41) is 23.4. The summed E-state index contributed by atoms with van der Waals surface area (Å²) >= 11 is 1.47. The minimum Gasteiger partial charge on any atom is -0.502 e. The number of hydrogen-bond donors (Lipinski definition) is 2. The Bertz CT molecular complexity index is 668. The Labute approximate surface area is 118 Å². The molecule has 0 fully saturated rings. The van der Waals surface area contributed by atoms with E-state index in [-0.39, 0.29) is 12.1 Å². The maximum Gasteiger partial charge on any atom is 0.310 e. The molecule has 0 unspecified atom stereocenters. The van der Waals surface area contributed by atoms with Crippen LogP contribution < -0.4 is 5.32 Å². The van der Waals surface area contributed by atoms with E-state index in [4.69, 9.17) is 0 Å². The number of aromatic hydroxyl groups is 1. The SMILES string of the molecule is Cc1cnc(CNC(=O)c2ccc([N+](=O)[O-])c(O)c2)s1. The third-order valence-corrected chi connectivity index (χ3v) is 3.42. The average Bonchev–Trinajstić information content (AvgIpc) is 2.81. The van der Waals surface area contributed by atoms with Gasteiger partial charge in [0.2, 0.25) is 0 Å². The fourth-order valence-electron chi connectivity index (χ4n) is 1.56. The van der Waals surface area contributed by atoms with Crippen LogP contribution in [0.4, 0.5) is 5.69 Å². The van der Waals surface area contributed by atoms with E-state index in [1.54, 1.807) is 6.20 Å². The van der Waals surface area contributed by atoms with Crippen molar-refractivity contribution in [1.82, 2.24) is 10.3 Å². The van der Waals surface area contributed by atoms with E-state index in [2.05, 4.69) is 10.3 Å². The quantitative estimate of drug-likeness (QED) is 0.662. The lowest BCUT2D eigenvalue weighted by molar-refractivity contribution is -0.385. The van der Waals surface area contributed by atoms with E-state index in [0.29, 0.717) is 0 Å². The lowest BCUT2D eigenvalue weighted by atomic mass is 10.2. The first kappa shape index (κ1) is 13.9. The van der Waals surface area contributed by atoms with Gasteiger partial charge in [-0.3, -0.25) is 14.9 Å². The lowest BCUT2D eigenvalue weighted by Gasteiger charge is -2.04. The van der Waals surface area contributed by atoms with E-state index >= 15 is 0 Å². The number of amides is 1. The number of nitrogens with zero attached hydrogens (tertiary/aromatic N) is 2. The largest absolute Gasteiger partial charge is 0.502 e. The fourth-order valence-corrected chi connectivity index (χ4v) is 2.29. The van der Waals surface area contributed by atoms with E-state index in [0.717, 1.165) is 22.0 Å². The number of rotatable bonds is 4. The molecule has 1 heterocycles. The van der Waals surface area contributed by atoms with Gasteiger partial charge in [-0.2, -0.15) is 0 Å². The molecule has 104 valence electrons. The summed E-state index contributed by atoms with van der Waals surface area (Å²) in [5.74, 6) is -0.962. The third-order valence-electron chi connectivity index (χ3n) is 2.50. The predicted octanol–water partition coefficient (Wildman–Crippen LogP) is 2.00. The van der Waals surface area contributed by atoms with Crippen LogP contribution in [0.2, 0.25) is 0 Å². The van der Waals surface area contributed by atoms with Crippen LogP contribution in [0.25, 0.3) is 0 Å². The molecule has 1 aromatic carbocycles. The standard InChI is InChI=1S/C12H11N3O4S/c1-7-5-13-11(20-7)6-14-12(17)8-2-3-9(15(18)19)10(16)4-8/h2-5,16H,6H2,1H3,(H,14,17). The topological polar surface area (TPSA) is 105 Å². The van der Waals surface area contributed by atoms with Gasteiger partial charge in [0.05, 0.1) is 11.5 Å². The Hall–Kier alpha value is -2.48. The monoisotopic (exact) mass is 293 g/mol. The number of carbonyl (C=O) groups is 1. The average molecular weight is 293 g/mol. The van der Waals surface area contributed by atoms with Crippen LogP contribution in [0, 0.1) is 17.0 Å². The van der Waals surface area contributed by atoms with Crippen LogP contribution in [-0.2, 0) is 6.54 Å². The van der Waals surface area contributed by atoms with Gasteiger partial charge in [-0.05, 0) is 19.1 Å². The van der Waals surface area contributed by atoms with E-state index < -0.39 is 22.3 Å². The number of nitro benzene ring substituents is 1. The molecule has 1 amide bonds. The highest BCUT2D eigenvalue weighted by atomic mass is 32.1. The number of nitrogens with one attached hydrogen (secondary N) is 1. The molecule has 7 nitrogen and oxygen atoms in total. The smallest absolute Gasteiger partial charge is 0.310 e. The molecule has 2 rings (SSSR count). The van der Waals surface area contributed by atoms with Gasteiger partial charge in [-0.1, -0.05) is 0 Å². The number of nitro groups is 1. The molecular formula is C12H11N3O4S. The van der Waals surface area contributed by atoms with Crippen molar-refractivity contribution in [1.29, 1.82) is 0 Å². The number of phenols is 1. The van der Waals surface area contributed by atoms with Crippen molar-refractivity contribution in [2.24, 2.45) is 0 Å². The first-order chi connectivity index (χ1) is 9.47. The van der Waals surface area contributed by atoms with Gasteiger partial charge >= 0.3 is 5.69 Å². The zero-order valence-corrected chi connectivity index (χ0v) is 11.3. The molecule has 1 aromatic heterocycles. The number of phenolic OH excluding ortho intramolecular Hbond substituents is 1. The summed E-state index contributed by atoms with van der Waals surface area (Å²) in [6.07, 6.45) is 1.71. The van der Waals surface area contributed by atoms with Crippen molar-refractivity contribution in [3.63, 3.8) is 0 Å². The van der Waals surface area contributed by atoms with Crippen molar-refractivity contribution >= 4 is 22.9 Å². The van der Waals surface area contributed by atoms with Gasteiger partial charge in [0, 0.05) is 22.7 Å². The molecule has 0 aliphatic carbocycles. The van der Waals surface area contributed by atoms with Crippen LogP contribution in [-0.4, -0.2) is 20.9 Å². The highest BCUT2D eigenvalue weighted by molar-refractivity contribution is 7.11. The van der Waals surface area contributed by atoms with Crippen LogP contribution in [0.5, 0.6) is 5.75 Å². The van der Waals surface area contributed by atoms with Crippen LogP contribution >= 0.6 is 11.3 Å². The fraction of sp³-hybridized carbons (Fsp3) is 0.167. The van der Waals surface area contributed by atoms with Gasteiger partial charge in [0.1, 0.15) is 5.01 Å². The number of carbonyl (C=O) groups excluding carboxylic acids is 1. The van der Waals surface area contributed by atoms with Crippen molar-refractivity contribution in [3.05, 3.63) is 50.0 Å². The van der Waals surface area contributed by atoms with E-state index in [9.17, 15) is 20.0 Å². The van der Waals surface area contributed by atoms with Crippen LogP contribution in [0.15, 0.2) is 24.4 Å². The zero-order valence-electron chi connectivity index (χ0n) is 10.5. The van der Waals surface area contributed by atoms with Gasteiger partial charge < -0.3 is 10.4 Å². The van der Waals surface area contributed by atoms with Crippen LogP contribution in [0.3, 0.4) is 0 Å². The second-order valence-corrected chi connectivity index (χ2v) is 5.33. The van der Waals surface area contributed by atoms with Crippen LogP contribution in [0.1, 0.15) is 20.2 Å². The number of benzene rings is 1. The molecule has 0 bridgehead atoms. The first-order valence-corrected chi connectivity index (χ1v) is 6.46. The molecule has 0 atom stereocenters. The Morgan fingerprint density at radius 2 is 2.30 bits per heavy atom. The normalized spacial score (nSPS) is 10.2. The van der Waals surface area contributed by atoms with Crippen molar-refractivity contribution in [2.45, 2.75) is 13.5 Å². The minimum absolute atomic E-state index is 0.154. The molecule has 0 saturated heterocycles. The van der Waals surface area contributed by atoms with E-state index in [1.807, 2.05) is 6.92 Å². The summed E-state index contributed by atoms with van der Waals surface area (Å²) in [6.45, 7) is 2.19. The molecule has 2 aromatic rings. The van der Waals surface area contributed by atoms with Gasteiger partial charge in [0.15, 0.2) is 5.75 Å². The summed E-state index contributed by atoms with van der Waals surface area (Å²) in [7, 11) is 0. The number of aromatic nitrogens is 1. The molecule has 0 aliphatic rings.